The predicted molar refractivity (Wildman–Crippen MR) is 81.2 cm³/mol. The van der Waals surface area contributed by atoms with E-state index in [1.165, 1.54) is 19.5 Å². The van der Waals surface area contributed by atoms with Crippen LogP contribution in [-0.2, 0) is 0 Å². The lowest BCUT2D eigenvalue weighted by Crippen LogP contribution is -2.64. The molecule has 6 nitrogen and oxygen atoms in total. The summed E-state index contributed by atoms with van der Waals surface area (Å²) in [5, 5.41) is 12.3. The fourth-order valence-corrected chi connectivity index (χ4v) is 3.94. The van der Waals surface area contributed by atoms with Crippen molar-refractivity contribution in [3.63, 3.8) is 0 Å². The molecule has 2 bridgehead atoms. The van der Waals surface area contributed by atoms with E-state index >= 15 is 0 Å². The largest absolute Gasteiger partial charge is 0.396 e. The van der Waals surface area contributed by atoms with Crippen molar-refractivity contribution in [3.8, 4) is 0 Å². The zero-order valence-electron chi connectivity index (χ0n) is 12.8. The number of amides is 2. The normalized spacial score (nSPS) is 35.8. The minimum absolute atomic E-state index is 0.0609. The topological polar surface area (TPSA) is 59.1 Å². The van der Waals surface area contributed by atoms with Gasteiger partial charge in [0, 0.05) is 64.5 Å². The molecule has 0 saturated carbocycles. The van der Waals surface area contributed by atoms with E-state index in [0.717, 1.165) is 45.6 Å². The zero-order chi connectivity index (χ0) is 14.7. The molecule has 2 amide bonds. The highest BCUT2D eigenvalue weighted by Crippen LogP contribution is 2.20. The van der Waals surface area contributed by atoms with Gasteiger partial charge >= 0.3 is 6.03 Å². The molecule has 0 aromatic rings. The molecule has 4 heterocycles. The quantitative estimate of drug-likeness (QED) is 0.763. The van der Waals surface area contributed by atoms with Crippen molar-refractivity contribution >= 4 is 6.03 Å². The molecule has 6 heteroatoms. The molecular weight excluding hydrogens is 268 g/mol. The van der Waals surface area contributed by atoms with Crippen LogP contribution in [0.2, 0.25) is 0 Å². The second kappa shape index (κ2) is 6.94. The molecule has 21 heavy (non-hydrogen) atoms. The van der Waals surface area contributed by atoms with Crippen molar-refractivity contribution in [1.82, 2.24) is 20.0 Å². The van der Waals surface area contributed by atoms with E-state index in [2.05, 4.69) is 15.1 Å². The van der Waals surface area contributed by atoms with Gasteiger partial charge in [0.2, 0.25) is 0 Å². The first kappa shape index (κ1) is 15.1. The smallest absolute Gasteiger partial charge is 0.317 e. The Morgan fingerprint density at radius 3 is 2.57 bits per heavy atom. The van der Waals surface area contributed by atoms with Gasteiger partial charge in [-0.1, -0.05) is 0 Å². The summed E-state index contributed by atoms with van der Waals surface area (Å²) in [4.78, 5) is 19.4. The van der Waals surface area contributed by atoms with Crippen LogP contribution in [0.15, 0.2) is 0 Å². The van der Waals surface area contributed by atoms with Crippen LogP contribution in [0.3, 0.4) is 0 Å². The number of fused-ring (bicyclic) bond motifs is 3. The minimum Gasteiger partial charge on any atom is -0.396 e. The second-order valence-electron chi connectivity index (χ2n) is 6.53. The summed E-state index contributed by atoms with van der Waals surface area (Å²) in [7, 11) is 0. The molecule has 2 atom stereocenters. The van der Waals surface area contributed by atoms with Crippen molar-refractivity contribution in [1.29, 1.82) is 0 Å². The summed E-state index contributed by atoms with van der Waals surface area (Å²) >= 11 is 0. The van der Waals surface area contributed by atoms with Crippen LogP contribution in [-0.4, -0.2) is 90.3 Å². The molecule has 4 saturated heterocycles. The highest BCUT2D eigenvalue weighted by molar-refractivity contribution is 5.74. The molecular formula is C15H28N4O2. The van der Waals surface area contributed by atoms with Crippen molar-refractivity contribution in [2.45, 2.75) is 37.8 Å². The van der Waals surface area contributed by atoms with Gasteiger partial charge in [-0.2, -0.15) is 0 Å². The number of rotatable bonds is 4. The number of aliphatic hydroxyl groups is 1. The van der Waals surface area contributed by atoms with Gasteiger partial charge < -0.3 is 15.3 Å². The molecule has 4 rings (SSSR count). The lowest BCUT2D eigenvalue weighted by atomic mass is 10.00. The molecule has 4 aliphatic rings. The van der Waals surface area contributed by atoms with Crippen LogP contribution >= 0.6 is 0 Å². The SMILES string of the molecule is O=C(NCC1CN2CCN1CC2)N1CCCCC1CCO. The minimum atomic E-state index is 0.0609. The van der Waals surface area contributed by atoms with Crippen LogP contribution in [0.4, 0.5) is 4.79 Å². The summed E-state index contributed by atoms with van der Waals surface area (Å²) in [5.74, 6) is 0. The Morgan fingerprint density at radius 1 is 1.10 bits per heavy atom. The maximum absolute atomic E-state index is 12.4. The summed E-state index contributed by atoms with van der Waals surface area (Å²) in [6, 6.07) is 0.749. The van der Waals surface area contributed by atoms with E-state index in [9.17, 15) is 4.79 Å². The second-order valence-corrected chi connectivity index (χ2v) is 6.53. The van der Waals surface area contributed by atoms with E-state index in [0.29, 0.717) is 12.5 Å². The number of nitrogens with zero attached hydrogens (tertiary/aromatic N) is 3. The summed E-state index contributed by atoms with van der Waals surface area (Å²) in [5.41, 5.74) is 0. The molecule has 4 aliphatic heterocycles. The van der Waals surface area contributed by atoms with Gasteiger partial charge in [-0.25, -0.2) is 4.79 Å². The number of urea groups is 1. The molecule has 0 aliphatic carbocycles. The first-order chi connectivity index (χ1) is 10.3. The highest BCUT2D eigenvalue weighted by atomic mass is 16.3. The Morgan fingerprint density at radius 2 is 1.90 bits per heavy atom. The molecule has 0 aromatic heterocycles. The zero-order valence-corrected chi connectivity index (χ0v) is 12.8. The monoisotopic (exact) mass is 296 g/mol. The van der Waals surface area contributed by atoms with Crippen molar-refractivity contribution < 1.29 is 9.90 Å². The van der Waals surface area contributed by atoms with Gasteiger partial charge in [-0.05, 0) is 25.7 Å². The van der Waals surface area contributed by atoms with Gasteiger partial charge in [-0.15, -0.1) is 0 Å². The number of likely N-dealkylation sites (tertiary alicyclic amines) is 1. The summed E-state index contributed by atoms with van der Waals surface area (Å²) < 4.78 is 0. The average Bonchev–Trinajstić information content (AvgIpc) is 2.54. The van der Waals surface area contributed by atoms with E-state index in [1.807, 2.05) is 4.90 Å². The molecule has 120 valence electrons. The first-order valence-electron chi connectivity index (χ1n) is 8.39. The standard InChI is InChI=1S/C15H28N4O2/c20-10-4-13-3-1-2-5-19(13)15(21)16-11-14-12-17-6-8-18(14)9-7-17/h13-14,20H,1-12H2,(H,16,21). The van der Waals surface area contributed by atoms with Gasteiger partial charge in [0.05, 0.1) is 0 Å². The third-order valence-electron chi connectivity index (χ3n) is 5.23. The molecule has 2 N–H and O–H groups in total. The van der Waals surface area contributed by atoms with Crippen molar-refractivity contribution in [2.75, 3.05) is 52.4 Å². The number of piperidine rings is 1. The van der Waals surface area contributed by atoms with Crippen LogP contribution in [0.1, 0.15) is 25.7 Å². The van der Waals surface area contributed by atoms with Gasteiger partial charge in [0.25, 0.3) is 0 Å². The van der Waals surface area contributed by atoms with Crippen LogP contribution < -0.4 is 5.32 Å². The predicted octanol–water partition coefficient (Wildman–Crippen LogP) is -0.0673. The van der Waals surface area contributed by atoms with Crippen LogP contribution in [0.5, 0.6) is 0 Å². The first-order valence-corrected chi connectivity index (χ1v) is 8.39. The fourth-order valence-electron chi connectivity index (χ4n) is 3.94. The number of nitrogens with one attached hydrogen (secondary N) is 1. The molecule has 0 radical (unpaired) electrons. The van der Waals surface area contributed by atoms with Gasteiger partial charge in [0.1, 0.15) is 0 Å². The number of hydrogen-bond acceptors (Lipinski definition) is 4. The van der Waals surface area contributed by atoms with Crippen LogP contribution in [0, 0.1) is 0 Å². The number of carbonyl (C=O) groups is 1. The summed E-state index contributed by atoms with van der Waals surface area (Å²) in [6.07, 6.45) is 3.98. The van der Waals surface area contributed by atoms with Crippen molar-refractivity contribution in [2.24, 2.45) is 0 Å². The van der Waals surface area contributed by atoms with E-state index < -0.39 is 0 Å². The van der Waals surface area contributed by atoms with Gasteiger partial charge in [0.15, 0.2) is 0 Å². The highest BCUT2D eigenvalue weighted by Gasteiger charge is 2.33. The third kappa shape index (κ3) is 3.49. The van der Waals surface area contributed by atoms with Gasteiger partial charge in [-0.3, -0.25) is 9.80 Å². The number of piperazine rings is 3. The maximum atomic E-state index is 12.4. The average molecular weight is 296 g/mol. The third-order valence-corrected chi connectivity index (χ3v) is 5.23. The Kier molecular flexibility index (Phi) is 4.98. The molecule has 4 fully saturated rings. The lowest BCUT2D eigenvalue weighted by Gasteiger charge is -2.47. The Bertz CT molecular complexity index is 356. The fraction of sp³-hybridized carbons (Fsp3) is 0.933. The Labute approximate surface area is 127 Å². The summed E-state index contributed by atoms with van der Waals surface area (Å²) in [6.45, 7) is 7.45. The molecule has 0 spiro atoms. The van der Waals surface area contributed by atoms with Crippen molar-refractivity contribution in [3.05, 3.63) is 0 Å². The molecule has 0 aromatic carbocycles. The van der Waals surface area contributed by atoms with E-state index in [-0.39, 0.29) is 18.7 Å². The Balaban J connectivity index is 1.49. The van der Waals surface area contributed by atoms with Crippen LogP contribution in [0.25, 0.3) is 0 Å². The maximum Gasteiger partial charge on any atom is 0.317 e. The Hall–Kier alpha value is -0.850. The van der Waals surface area contributed by atoms with E-state index in [1.54, 1.807) is 0 Å². The molecule has 2 unspecified atom stereocenters. The number of aliphatic hydroxyl groups excluding tert-OH is 1. The number of carbonyl (C=O) groups excluding carboxylic acids is 1. The van der Waals surface area contributed by atoms with E-state index in [4.69, 9.17) is 5.11 Å². The lowest BCUT2D eigenvalue weighted by molar-refractivity contribution is 0.0139. The number of hydrogen-bond donors (Lipinski definition) is 2.